The fourth-order valence-electron chi connectivity index (χ4n) is 4.67. The molecule has 1 amide bonds. The molecule has 2 heterocycles. The van der Waals surface area contributed by atoms with E-state index in [2.05, 4.69) is 63.6 Å². The zero-order chi connectivity index (χ0) is 26.4. The molecule has 0 aliphatic carbocycles. The number of piperazine rings is 1. The fourth-order valence-corrected chi connectivity index (χ4v) is 5.80. The van der Waals surface area contributed by atoms with Crippen molar-refractivity contribution in [1.82, 2.24) is 9.80 Å². The third-order valence-corrected chi connectivity index (χ3v) is 7.72. The molecule has 1 aromatic heterocycles. The van der Waals surface area contributed by atoms with Crippen molar-refractivity contribution in [2.75, 3.05) is 52.3 Å². The molecule has 2 aromatic carbocycles. The highest BCUT2D eigenvalue weighted by molar-refractivity contribution is 7.18. The lowest BCUT2D eigenvalue weighted by Gasteiger charge is -2.39. The van der Waals surface area contributed by atoms with E-state index in [1.54, 1.807) is 6.92 Å². The molecule has 194 valence electrons. The number of amides is 1. The molecule has 1 aliphatic rings. The van der Waals surface area contributed by atoms with Gasteiger partial charge in [-0.2, -0.15) is 0 Å². The van der Waals surface area contributed by atoms with Gasteiger partial charge in [-0.3, -0.25) is 14.6 Å². The molecule has 9 heteroatoms. The summed E-state index contributed by atoms with van der Waals surface area (Å²) >= 11 is 1.02. The Kier molecular flexibility index (Phi) is 8.70. The van der Waals surface area contributed by atoms with Gasteiger partial charge in [0.25, 0.3) is 0 Å². The number of nitrogens with one attached hydrogen (secondary N) is 1. The molecular weight excluding hydrogens is 490 g/mol. The molecule has 0 radical (unpaired) electrons. The minimum Gasteiger partial charge on any atom is -0.465 e. The SMILES string of the molecule is COC(=O)c1sc(NC(=O)CN2CCN(C(c3ccccc3)c3ccccc3)CC2)c(C(=O)OC)c1C. The maximum Gasteiger partial charge on any atom is 0.348 e. The summed E-state index contributed by atoms with van der Waals surface area (Å²) < 4.78 is 9.68. The molecule has 0 unspecified atom stereocenters. The number of hydrogen-bond acceptors (Lipinski definition) is 8. The Morgan fingerprint density at radius 3 is 1.92 bits per heavy atom. The van der Waals surface area contributed by atoms with Crippen LogP contribution in [0.4, 0.5) is 5.00 Å². The number of rotatable bonds is 8. The Hall–Kier alpha value is -3.53. The number of methoxy groups -OCH3 is 2. The highest BCUT2D eigenvalue weighted by Crippen LogP contribution is 2.34. The van der Waals surface area contributed by atoms with E-state index in [9.17, 15) is 14.4 Å². The Bertz CT molecular complexity index is 1200. The lowest BCUT2D eigenvalue weighted by Crippen LogP contribution is -2.49. The average Bonchev–Trinajstić information content (AvgIpc) is 3.25. The van der Waals surface area contributed by atoms with E-state index in [1.165, 1.54) is 25.3 Å². The summed E-state index contributed by atoms with van der Waals surface area (Å²) in [6.45, 7) is 4.88. The van der Waals surface area contributed by atoms with E-state index in [0.29, 0.717) is 10.6 Å². The predicted octanol–water partition coefficient (Wildman–Crippen LogP) is 3.98. The summed E-state index contributed by atoms with van der Waals surface area (Å²) in [7, 11) is 2.54. The van der Waals surface area contributed by atoms with Crippen molar-refractivity contribution in [3.8, 4) is 0 Å². The molecule has 0 saturated carbocycles. The Morgan fingerprint density at radius 1 is 0.865 bits per heavy atom. The van der Waals surface area contributed by atoms with Crippen LogP contribution in [0.2, 0.25) is 0 Å². The lowest BCUT2D eigenvalue weighted by atomic mass is 9.96. The Morgan fingerprint density at radius 2 is 1.41 bits per heavy atom. The highest BCUT2D eigenvalue weighted by Gasteiger charge is 2.29. The molecule has 0 atom stereocenters. The van der Waals surface area contributed by atoms with E-state index in [4.69, 9.17) is 9.47 Å². The fraction of sp³-hybridized carbons (Fsp3) is 0.321. The quantitative estimate of drug-likeness (QED) is 0.449. The summed E-state index contributed by atoms with van der Waals surface area (Å²) in [5.74, 6) is -1.42. The van der Waals surface area contributed by atoms with E-state index >= 15 is 0 Å². The standard InChI is InChI=1S/C28H31N3O5S/c1-19-23(27(33)35-2)26(37-25(19)28(34)36-3)29-22(32)18-30-14-16-31(17-15-30)24(20-10-6-4-7-11-20)21-12-8-5-9-13-21/h4-13,24H,14-18H2,1-3H3,(H,29,32). The van der Waals surface area contributed by atoms with E-state index in [0.717, 1.165) is 37.5 Å². The van der Waals surface area contributed by atoms with Crippen LogP contribution in [0.3, 0.4) is 0 Å². The second-order valence-corrected chi connectivity index (χ2v) is 9.85. The second kappa shape index (κ2) is 12.1. The number of anilines is 1. The maximum atomic E-state index is 12.9. The molecule has 8 nitrogen and oxygen atoms in total. The summed E-state index contributed by atoms with van der Waals surface area (Å²) in [5, 5.41) is 3.11. The monoisotopic (exact) mass is 521 g/mol. The molecule has 0 bridgehead atoms. The number of thiophene rings is 1. The number of carbonyl (C=O) groups excluding carboxylic acids is 3. The third-order valence-electron chi connectivity index (χ3n) is 6.53. The summed E-state index contributed by atoms with van der Waals surface area (Å²) in [4.78, 5) is 42.2. The topological polar surface area (TPSA) is 88.2 Å². The summed E-state index contributed by atoms with van der Waals surface area (Å²) in [6, 6.07) is 21.1. The normalized spacial score (nSPS) is 14.4. The van der Waals surface area contributed by atoms with Gasteiger partial charge in [-0.05, 0) is 23.6 Å². The van der Waals surface area contributed by atoms with Crippen LogP contribution in [-0.2, 0) is 14.3 Å². The lowest BCUT2D eigenvalue weighted by molar-refractivity contribution is -0.117. The number of hydrogen-bond donors (Lipinski definition) is 1. The number of ether oxygens (including phenoxy) is 2. The zero-order valence-electron chi connectivity index (χ0n) is 21.2. The number of carbonyl (C=O) groups is 3. The first-order valence-corrected chi connectivity index (χ1v) is 12.9. The molecular formula is C28H31N3O5S. The van der Waals surface area contributed by atoms with Gasteiger partial charge in [0.15, 0.2) is 0 Å². The molecule has 1 fully saturated rings. The molecule has 4 rings (SSSR count). The first-order valence-electron chi connectivity index (χ1n) is 12.1. The van der Waals surface area contributed by atoms with Gasteiger partial charge < -0.3 is 14.8 Å². The van der Waals surface area contributed by atoms with E-state index in [1.807, 2.05) is 12.1 Å². The van der Waals surface area contributed by atoms with Crippen molar-refractivity contribution in [2.24, 2.45) is 0 Å². The number of benzene rings is 2. The van der Waals surface area contributed by atoms with Gasteiger partial charge in [0.2, 0.25) is 5.91 Å². The average molecular weight is 522 g/mol. The first kappa shape index (κ1) is 26.5. The molecule has 37 heavy (non-hydrogen) atoms. The van der Waals surface area contributed by atoms with Crippen molar-refractivity contribution in [3.63, 3.8) is 0 Å². The van der Waals surface area contributed by atoms with Crippen LogP contribution in [0.15, 0.2) is 60.7 Å². The number of esters is 2. The molecule has 0 spiro atoms. The largest absolute Gasteiger partial charge is 0.465 e. The van der Waals surface area contributed by atoms with Gasteiger partial charge in [-0.15, -0.1) is 11.3 Å². The Balaban J connectivity index is 1.42. The van der Waals surface area contributed by atoms with Gasteiger partial charge in [0, 0.05) is 26.2 Å². The minimum atomic E-state index is -0.610. The van der Waals surface area contributed by atoms with Crippen molar-refractivity contribution in [2.45, 2.75) is 13.0 Å². The van der Waals surface area contributed by atoms with Gasteiger partial charge >= 0.3 is 11.9 Å². The first-order chi connectivity index (χ1) is 17.9. The van der Waals surface area contributed by atoms with Gasteiger partial charge in [0.05, 0.1) is 32.4 Å². The van der Waals surface area contributed by atoms with Crippen molar-refractivity contribution in [3.05, 3.63) is 87.8 Å². The van der Waals surface area contributed by atoms with Crippen LogP contribution < -0.4 is 5.32 Å². The summed E-state index contributed by atoms with van der Waals surface area (Å²) in [6.07, 6.45) is 0. The van der Waals surface area contributed by atoms with Crippen molar-refractivity contribution in [1.29, 1.82) is 0 Å². The Labute approximate surface area is 220 Å². The highest BCUT2D eigenvalue weighted by atomic mass is 32.1. The van der Waals surface area contributed by atoms with Crippen molar-refractivity contribution >= 4 is 34.2 Å². The van der Waals surface area contributed by atoms with Crippen LogP contribution in [0, 0.1) is 6.92 Å². The zero-order valence-corrected chi connectivity index (χ0v) is 22.0. The molecule has 1 saturated heterocycles. The van der Waals surface area contributed by atoms with Gasteiger partial charge in [0.1, 0.15) is 9.88 Å². The maximum absolute atomic E-state index is 12.9. The number of nitrogens with zero attached hydrogens (tertiary/aromatic N) is 2. The third kappa shape index (κ3) is 6.07. The molecule has 3 aromatic rings. The van der Waals surface area contributed by atoms with E-state index in [-0.39, 0.29) is 28.9 Å². The predicted molar refractivity (Wildman–Crippen MR) is 143 cm³/mol. The smallest absolute Gasteiger partial charge is 0.348 e. The minimum absolute atomic E-state index is 0.145. The van der Waals surface area contributed by atoms with Gasteiger partial charge in [-0.1, -0.05) is 60.7 Å². The van der Waals surface area contributed by atoms with Crippen molar-refractivity contribution < 1.29 is 23.9 Å². The van der Waals surface area contributed by atoms with Crippen LogP contribution in [0.25, 0.3) is 0 Å². The van der Waals surface area contributed by atoms with Crippen LogP contribution >= 0.6 is 11.3 Å². The van der Waals surface area contributed by atoms with Gasteiger partial charge in [-0.25, -0.2) is 9.59 Å². The molecule has 1 aliphatic heterocycles. The van der Waals surface area contributed by atoms with Crippen LogP contribution in [0.1, 0.15) is 42.8 Å². The second-order valence-electron chi connectivity index (χ2n) is 8.83. The molecule has 1 N–H and O–H groups in total. The van der Waals surface area contributed by atoms with E-state index < -0.39 is 11.9 Å². The van der Waals surface area contributed by atoms with Crippen LogP contribution in [-0.4, -0.2) is 74.6 Å². The summed E-state index contributed by atoms with van der Waals surface area (Å²) in [5.41, 5.74) is 3.09. The van der Waals surface area contributed by atoms with Crippen LogP contribution in [0.5, 0.6) is 0 Å².